The van der Waals surface area contributed by atoms with Gasteiger partial charge >= 0.3 is 0 Å². The molecule has 0 aliphatic rings. The Labute approximate surface area is 164 Å². The Kier molecular flexibility index (Phi) is 4.69. The largest absolute Gasteiger partial charge is 0.322 e. The molecule has 27 heavy (non-hydrogen) atoms. The summed E-state index contributed by atoms with van der Waals surface area (Å²) in [4.78, 5) is 17.6. The van der Waals surface area contributed by atoms with Crippen LogP contribution in [0.4, 0.5) is 10.1 Å². The van der Waals surface area contributed by atoms with Crippen molar-refractivity contribution in [2.75, 3.05) is 5.32 Å². The zero-order valence-corrected chi connectivity index (χ0v) is 15.7. The van der Waals surface area contributed by atoms with Crippen LogP contribution in [0.15, 0.2) is 83.3 Å². The Bertz CT molecular complexity index is 1130. The number of pyridine rings is 1. The third kappa shape index (κ3) is 3.73. The van der Waals surface area contributed by atoms with E-state index in [1.165, 1.54) is 12.1 Å². The maximum atomic E-state index is 13.2. The molecule has 1 N–H and O–H groups in total. The van der Waals surface area contributed by atoms with Crippen LogP contribution in [0.1, 0.15) is 10.4 Å². The number of fused-ring (bicyclic) bond motifs is 1. The van der Waals surface area contributed by atoms with Gasteiger partial charge < -0.3 is 5.32 Å². The molecule has 1 heterocycles. The molecule has 132 valence electrons. The van der Waals surface area contributed by atoms with Gasteiger partial charge in [-0.05, 0) is 60.7 Å². The number of halogens is 2. The summed E-state index contributed by atoms with van der Waals surface area (Å²) in [6.07, 6.45) is 0. The van der Waals surface area contributed by atoms with Crippen molar-refractivity contribution in [3.8, 4) is 11.3 Å². The fourth-order valence-electron chi connectivity index (χ4n) is 2.86. The Hall–Kier alpha value is -3.05. The average Bonchev–Trinajstić information content (AvgIpc) is 2.69. The molecular weight excluding hydrogens is 407 g/mol. The highest BCUT2D eigenvalue weighted by atomic mass is 79.9. The minimum Gasteiger partial charge on any atom is -0.322 e. The first-order valence-corrected chi connectivity index (χ1v) is 9.12. The van der Waals surface area contributed by atoms with Crippen LogP contribution in [0.2, 0.25) is 0 Å². The molecule has 3 aromatic carbocycles. The molecule has 1 amide bonds. The smallest absolute Gasteiger partial charge is 0.256 e. The summed E-state index contributed by atoms with van der Waals surface area (Å²) in [7, 11) is 0. The van der Waals surface area contributed by atoms with Gasteiger partial charge in [-0.25, -0.2) is 9.37 Å². The van der Waals surface area contributed by atoms with Gasteiger partial charge in [0, 0.05) is 21.1 Å². The molecule has 0 bridgehead atoms. The number of benzene rings is 3. The van der Waals surface area contributed by atoms with Gasteiger partial charge in [-0.3, -0.25) is 4.79 Å². The lowest BCUT2D eigenvalue weighted by molar-refractivity contribution is 0.102. The second-order valence-electron chi connectivity index (χ2n) is 6.04. The molecule has 4 rings (SSSR count). The fraction of sp³-hybridized carbons (Fsp3) is 0. The number of rotatable bonds is 3. The fourth-order valence-corrected chi connectivity index (χ4v) is 3.13. The highest BCUT2D eigenvalue weighted by Crippen LogP contribution is 2.26. The second-order valence-corrected chi connectivity index (χ2v) is 6.96. The van der Waals surface area contributed by atoms with E-state index < -0.39 is 0 Å². The van der Waals surface area contributed by atoms with E-state index >= 15 is 0 Å². The van der Waals surface area contributed by atoms with Crippen LogP contribution in [0.5, 0.6) is 0 Å². The average molecular weight is 421 g/mol. The Morgan fingerprint density at radius 2 is 1.63 bits per heavy atom. The van der Waals surface area contributed by atoms with Gasteiger partial charge in [0.2, 0.25) is 0 Å². The maximum Gasteiger partial charge on any atom is 0.256 e. The first-order chi connectivity index (χ1) is 13.1. The lowest BCUT2D eigenvalue weighted by atomic mass is 10.0. The number of hydrogen-bond donors (Lipinski definition) is 1. The highest BCUT2D eigenvalue weighted by molar-refractivity contribution is 9.10. The van der Waals surface area contributed by atoms with E-state index in [1.54, 1.807) is 18.2 Å². The minimum atomic E-state index is -0.312. The molecule has 3 nitrogen and oxygen atoms in total. The predicted molar refractivity (Wildman–Crippen MR) is 109 cm³/mol. The van der Waals surface area contributed by atoms with Crippen LogP contribution in [0.25, 0.3) is 22.2 Å². The summed E-state index contributed by atoms with van der Waals surface area (Å²) in [5.41, 5.74) is 3.30. The van der Waals surface area contributed by atoms with Crippen LogP contribution >= 0.6 is 15.9 Å². The summed E-state index contributed by atoms with van der Waals surface area (Å²) in [6, 6.07) is 22.7. The van der Waals surface area contributed by atoms with Gasteiger partial charge in [0.25, 0.3) is 5.91 Å². The lowest BCUT2D eigenvalue weighted by Gasteiger charge is -2.11. The SMILES string of the molecule is O=C(Nc1ccc(Br)cc1)c1cc(-c2ccc(F)cc2)nc2ccccc12. The molecule has 1 aromatic heterocycles. The van der Waals surface area contributed by atoms with E-state index in [-0.39, 0.29) is 11.7 Å². The van der Waals surface area contributed by atoms with E-state index in [0.717, 1.165) is 15.4 Å². The van der Waals surface area contributed by atoms with Crippen molar-refractivity contribution in [3.05, 3.63) is 94.7 Å². The van der Waals surface area contributed by atoms with Crippen molar-refractivity contribution >= 4 is 38.4 Å². The van der Waals surface area contributed by atoms with E-state index in [1.807, 2.05) is 48.5 Å². The molecule has 0 unspecified atom stereocenters. The van der Waals surface area contributed by atoms with E-state index in [2.05, 4.69) is 26.2 Å². The van der Waals surface area contributed by atoms with Crippen molar-refractivity contribution in [1.82, 2.24) is 4.98 Å². The predicted octanol–water partition coefficient (Wildman–Crippen LogP) is 6.06. The second kappa shape index (κ2) is 7.29. The summed E-state index contributed by atoms with van der Waals surface area (Å²) in [5, 5.41) is 3.68. The Morgan fingerprint density at radius 3 is 2.37 bits per heavy atom. The van der Waals surface area contributed by atoms with Crippen LogP contribution in [0.3, 0.4) is 0 Å². The number of hydrogen-bond acceptors (Lipinski definition) is 2. The number of para-hydroxylation sites is 1. The van der Waals surface area contributed by atoms with Crippen molar-refractivity contribution in [2.24, 2.45) is 0 Å². The van der Waals surface area contributed by atoms with Gasteiger partial charge in [-0.15, -0.1) is 0 Å². The van der Waals surface area contributed by atoms with Gasteiger partial charge in [0.15, 0.2) is 0 Å². The van der Waals surface area contributed by atoms with E-state index in [0.29, 0.717) is 22.5 Å². The molecule has 0 spiro atoms. The molecule has 5 heteroatoms. The first-order valence-electron chi connectivity index (χ1n) is 8.33. The van der Waals surface area contributed by atoms with Gasteiger partial charge in [-0.2, -0.15) is 0 Å². The van der Waals surface area contributed by atoms with E-state index in [4.69, 9.17) is 0 Å². The van der Waals surface area contributed by atoms with Crippen molar-refractivity contribution in [2.45, 2.75) is 0 Å². The van der Waals surface area contributed by atoms with Crippen LogP contribution in [-0.2, 0) is 0 Å². The first kappa shape index (κ1) is 17.4. The number of anilines is 1. The van der Waals surface area contributed by atoms with Crippen LogP contribution in [-0.4, -0.2) is 10.9 Å². The number of carbonyl (C=O) groups is 1. The van der Waals surface area contributed by atoms with Gasteiger partial charge in [0.05, 0.1) is 16.8 Å². The zero-order chi connectivity index (χ0) is 18.8. The van der Waals surface area contributed by atoms with Crippen molar-refractivity contribution in [3.63, 3.8) is 0 Å². The van der Waals surface area contributed by atoms with Gasteiger partial charge in [0.1, 0.15) is 5.82 Å². The normalized spacial score (nSPS) is 10.7. The number of nitrogens with zero attached hydrogens (tertiary/aromatic N) is 1. The Balaban J connectivity index is 1.79. The molecular formula is C22H14BrFN2O. The molecule has 0 saturated carbocycles. The topological polar surface area (TPSA) is 42.0 Å². The molecule has 0 fully saturated rings. The lowest BCUT2D eigenvalue weighted by Crippen LogP contribution is -2.13. The molecule has 0 saturated heterocycles. The maximum absolute atomic E-state index is 13.2. The van der Waals surface area contributed by atoms with E-state index in [9.17, 15) is 9.18 Å². The minimum absolute atomic E-state index is 0.223. The summed E-state index contributed by atoms with van der Waals surface area (Å²) in [5.74, 6) is -0.535. The number of carbonyl (C=O) groups excluding carboxylic acids is 1. The molecule has 4 aromatic rings. The molecule has 0 aliphatic heterocycles. The monoisotopic (exact) mass is 420 g/mol. The number of aromatic nitrogens is 1. The molecule has 0 atom stereocenters. The van der Waals surface area contributed by atoms with Crippen LogP contribution in [0, 0.1) is 5.82 Å². The van der Waals surface area contributed by atoms with Gasteiger partial charge in [-0.1, -0.05) is 34.1 Å². The zero-order valence-electron chi connectivity index (χ0n) is 14.1. The third-order valence-corrected chi connectivity index (χ3v) is 4.73. The third-order valence-electron chi connectivity index (χ3n) is 4.20. The standard InChI is InChI=1S/C22H14BrFN2O/c23-15-7-11-17(12-8-15)25-22(27)19-13-21(14-5-9-16(24)10-6-14)26-20-4-2-1-3-18(19)20/h1-13H,(H,25,27). The summed E-state index contributed by atoms with van der Waals surface area (Å²) < 4.78 is 14.2. The highest BCUT2D eigenvalue weighted by Gasteiger charge is 2.14. The number of amides is 1. The quantitative estimate of drug-likeness (QED) is 0.437. The van der Waals surface area contributed by atoms with Crippen LogP contribution < -0.4 is 5.32 Å². The number of nitrogens with one attached hydrogen (secondary N) is 1. The van der Waals surface area contributed by atoms with Crippen molar-refractivity contribution in [1.29, 1.82) is 0 Å². The summed E-state index contributed by atoms with van der Waals surface area (Å²) >= 11 is 3.38. The summed E-state index contributed by atoms with van der Waals surface area (Å²) in [6.45, 7) is 0. The van der Waals surface area contributed by atoms with Crippen molar-refractivity contribution < 1.29 is 9.18 Å². The molecule has 0 radical (unpaired) electrons. The Morgan fingerprint density at radius 1 is 0.926 bits per heavy atom. The molecule has 0 aliphatic carbocycles.